The van der Waals surface area contributed by atoms with Crippen molar-refractivity contribution in [2.75, 3.05) is 18.6 Å². The summed E-state index contributed by atoms with van der Waals surface area (Å²) >= 11 is 5.67. The van der Waals surface area contributed by atoms with Gasteiger partial charge in [0.1, 0.15) is 22.4 Å². The van der Waals surface area contributed by atoms with Crippen LogP contribution in [0.15, 0.2) is 29.2 Å². The minimum Gasteiger partial charge on any atom is -0.342 e. The molecule has 0 aliphatic carbocycles. The number of nitrogens with one attached hydrogen (secondary N) is 2. The number of halogens is 1. The van der Waals surface area contributed by atoms with Crippen molar-refractivity contribution in [2.45, 2.75) is 10.9 Å². The van der Waals surface area contributed by atoms with E-state index in [4.69, 9.17) is 16.9 Å². The molecule has 0 fully saturated rings. The molecule has 1 aromatic carbocycles. The van der Waals surface area contributed by atoms with E-state index >= 15 is 0 Å². The van der Waals surface area contributed by atoms with Crippen LogP contribution in [0.4, 0.5) is 0 Å². The Morgan fingerprint density at radius 1 is 1.26 bits per heavy atom. The highest BCUT2D eigenvalue weighted by molar-refractivity contribution is 7.91. The van der Waals surface area contributed by atoms with Crippen LogP contribution in [0.3, 0.4) is 0 Å². The minimum atomic E-state index is -4.14. The Balaban J connectivity index is 3.05. The highest BCUT2D eigenvalue weighted by Crippen LogP contribution is 2.14. The van der Waals surface area contributed by atoms with Crippen molar-refractivity contribution in [1.29, 1.82) is 5.26 Å². The van der Waals surface area contributed by atoms with Crippen LogP contribution in [0.25, 0.3) is 0 Å². The number of benzene rings is 1. The van der Waals surface area contributed by atoms with Gasteiger partial charge in [-0.25, -0.2) is 16.8 Å². The van der Waals surface area contributed by atoms with E-state index in [9.17, 15) is 21.6 Å². The fraction of sp³-hybridized carbons (Fsp3) is 0.333. The molecule has 126 valence electrons. The van der Waals surface area contributed by atoms with Gasteiger partial charge in [-0.2, -0.15) is 9.98 Å². The molecule has 2 N–H and O–H groups in total. The number of hydrogen-bond acceptors (Lipinski definition) is 6. The lowest BCUT2D eigenvalue weighted by Gasteiger charge is -2.17. The van der Waals surface area contributed by atoms with Crippen molar-refractivity contribution < 1.29 is 21.6 Å². The van der Waals surface area contributed by atoms with Crippen molar-refractivity contribution in [3.05, 3.63) is 29.3 Å². The number of hydrogen-bond donors (Lipinski definition) is 2. The van der Waals surface area contributed by atoms with Gasteiger partial charge in [0.15, 0.2) is 0 Å². The summed E-state index contributed by atoms with van der Waals surface area (Å²) in [7, 11) is -7.78. The third-order valence-electron chi connectivity index (χ3n) is 2.55. The Bertz CT molecular complexity index is 813. The molecule has 0 aliphatic heterocycles. The van der Waals surface area contributed by atoms with Gasteiger partial charge in [0.05, 0.1) is 16.7 Å². The van der Waals surface area contributed by atoms with Crippen LogP contribution >= 0.6 is 11.6 Å². The largest absolute Gasteiger partial charge is 0.342 e. The molecular weight excluding hydrogens is 366 g/mol. The maximum absolute atomic E-state index is 12.2. The Morgan fingerprint density at radius 2 is 1.83 bits per heavy atom. The maximum atomic E-state index is 12.2. The Labute approximate surface area is 139 Å². The van der Waals surface area contributed by atoms with Crippen molar-refractivity contribution in [3.8, 4) is 6.07 Å². The number of nitriles is 1. The zero-order chi connectivity index (χ0) is 17.7. The lowest BCUT2D eigenvalue weighted by atomic mass is 10.3. The quantitative estimate of drug-likeness (QED) is 0.623. The summed E-state index contributed by atoms with van der Waals surface area (Å²) in [5, 5.41) is 10.9. The maximum Gasteiger partial charge on any atom is 0.241 e. The first-order valence-electron chi connectivity index (χ1n) is 6.15. The summed E-state index contributed by atoms with van der Waals surface area (Å²) in [4.78, 5) is 11.7. The molecule has 11 heteroatoms. The third-order valence-corrected chi connectivity index (χ3v) is 5.23. The minimum absolute atomic E-state index is 0.173. The lowest BCUT2D eigenvalue weighted by molar-refractivity contribution is -0.122. The van der Waals surface area contributed by atoms with E-state index in [0.717, 1.165) is 6.26 Å². The molecule has 0 bridgehead atoms. The summed E-state index contributed by atoms with van der Waals surface area (Å²) < 4.78 is 49.3. The second-order valence-electron chi connectivity index (χ2n) is 4.60. The van der Waals surface area contributed by atoms with Crippen molar-refractivity contribution in [3.63, 3.8) is 0 Å². The molecule has 0 aromatic heterocycles. The molecule has 23 heavy (non-hydrogen) atoms. The number of amides is 1. The Morgan fingerprint density at radius 3 is 2.30 bits per heavy atom. The number of sulfonamides is 1. The SMILES string of the molecule is CS(=O)(=O)CC(NS(=O)(=O)c1ccc(Cl)cc1)C(=O)NCC#N. The van der Waals surface area contributed by atoms with Crippen molar-refractivity contribution in [1.82, 2.24) is 10.0 Å². The standard InChI is InChI=1S/C12H14ClN3O5S2/c1-22(18,19)8-11(12(17)15-7-6-14)16-23(20,21)10-4-2-9(13)3-5-10/h2-5,11,16H,7-8H2,1H3,(H,15,17). The second-order valence-corrected chi connectivity index (χ2v) is 8.93. The van der Waals surface area contributed by atoms with E-state index < -0.39 is 37.6 Å². The van der Waals surface area contributed by atoms with Crippen LogP contribution in [-0.2, 0) is 24.7 Å². The van der Waals surface area contributed by atoms with E-state index in [2.05, 4.69) is 5.32 Å². The van der Waals surface area contributed by atoms with Crippen LogP contribution < -0.4 is 10.0 Å². The molecule has 8 nitrogen and oxygen atoms in total. The second kappa shape index (κ2) is 7.74. The van der Waals surface area contributed by atoms with E-state index in [1.165, 1.54) is 24.3 Å². The molecule has 1 atom stereocenters. The Hall–Kier alpha value is -1.67. The number of sulfone groups is 1. The fourth-order valence-corrected chi connectivity index (χ4v) is 3.85. The van der Waals surface area contributed by atoms with E-state index in [-0.39, 0.29) is 11.4 Å². The predicted molar refractivity (Wildman–Crippen MR) is 83.9 cm³/mol. The molecular formula is C12H14ClN3O5S2. The molecule has 0 aliphatic rings. The summed E-state index contributed by atoms with van der Waals surface area (Å²) in [5.41, 5.74) is 0. The smallest absolute Gasteiger partial charge is 0.241 e. The molecule has 0 saturated carbocycles. The molecule has 1 rings (SSSR count). The Kier molecular flexibility index (Phi) is 6.52. The molecule has 1 amide bonds. The number of carbonyl (C=O) groups excluding carboxylic acids is 1. The summed E-state index contributed by atoms with van der Waals surface area (Å²) in [6, 6.07) is 5.21. The zero-order valence-electron chi connectivity index (χ0n) is 12.0. The zero-order valence-corrected chi connectivity index (χ0v) is 14.4. The predicted octanol–water partition coefficient (Wildman–Crippen LogP) is -0.329. The average Bonchev–Trinajstić information content (AvgIpc) is 2.42. The summed E-state index contributed by atoms with van der Waals surface area (Å²) in [6.45, 7) is -0.373. The van der Waals surface area contributed by atoms with Gasteiger partial charge >= 0.3 is 0 Å². The van der Waals surface area contributed by atoms with Gasteiger partial charge in [-0.15, -0.1) is 0 Å². The molecule has 0 heterocycles. The molecule has 0 spiro atoms. The first-order chi connectivity index (χ1) is 10.5. The normalized spacial score (nSPS) is 13.1. The lowest BCUT2D eigenvalue weighted by Crippen LogP contribution is -2.50. The van der Waals surface area contributed by atoms with Crippen LogP contribution in [0.1, 0.15) is 0 Å². The molecule has 0 saturated heterocycles. The van der Waals surface area contributed by atoms with Crippen molar-refractivity contribution >= 4 is 37.4 Å². The topological polar surface area (TPSA) is 133 Å². The highest BCUT2D eigenvalue weighted by atomic mass is 35.5. The van der Waals surface area contributed by atoms with Crippen LogP contribution in [0, 0.1) is 11.3 Å². The van der Waals surface area contributed by atoms with Crippen LogP contribution in [0.5, 0.6) is 0 Å². The fourth-order valence-electron chi connectivity index (χ4n) is 1.58. The number of carbonyl (C=O) groups is 1. The van der Waals surface area contributed by atoms with Gasteiger partial charge in [-0.1, -0.05) is 11.6 Å². The van der Waals surface area contributed by atoms with E-state index in [1.54, 1.807) is 6.07 Å². The van der Waals surface area contributed by atoms with Crippen molar-refractivity contribution in [2.24, 2.45) is 0 Å². The molecule has 1 aromatic rings. The number of nitrogens with zero attached hydrogens (tertiary/aromatic N) is 1. The van der Waals surface area contributed by atoms with Crippen LogP contribution in [0.2, 0.25) is 5.02 Å². The highest BCUT2D eigenvalue weighted by Gasteiger charge is 2.28. The molecule has 0 radical (unpaired) electrons. The summed E-state index contributed by atoms with van der Waals surface area (Å²) in [5.74, 6) is -1.65. The van der Waals surface area contributed by atoms with E-state index in [1.807, 2.05) is 4.72 Å². The third kappa shape index (κ3) is 6.54. The average molecular weight is 380 g/mol. The van der Waals surface area contributed by atoms with Gasteiger partial charge < -0.3 is 5.32 Å². The van der Waals surface area contributed by atoms with Gasteiger partial charge in [0.2, 0.25) is 15.9 Å². The van der Waals surface area contributed by atoms with E-state index in [0.29, 0.717) is 5.02 Å². The monoisotopic (exact) mass is 379 g/mol. The van der Waals surface area contributed by atoms with Gasteiger partial charge in [0.25, 0.3) is 0 Å². The number of rotatable bonds is 7. The van der Waals surface area contributed by atoms with Gasteiger partial charge in [-0.3, -0.25) is 4.79 Å². The first kappa shape index (κ1) is 19.4. The summed E-state index contributed by atoms with van der Waals surface area (Å²) in [6.07, 6.45) is 0.869. The first-order valence-corrected chi connectivity index (χ1v) is 10.1. The van der Waals surface area contributed by atoms with Gasteiger partial charge in [0, 0.05) is 11.3 Å². The van der Waals surface area contributed by atoms with Gasteiger partial charge in [-0.05, 0) is 24.3 Å². The molecule has 1 unspecified atom stereocenters. The van der Waals surface area contributed by atoms with Crippen LogP contribution in [-0.4, -0.2) is 47.3 Å².